The minimum Gasteiger partial charge on any atom is -0.379 e. The third kappa shape index (κ3) is 12.3. The Labute approximate surface area is 112 Å². The zero-order valence-corrected chi connectivity index (χ0v) is 12.3. The van der Waals surface area contributed by atoms with Gasteiger partial charge in [0, 0.05) is 19.3 Å². The Balaban J connectivity index is 3.03. The maximum absolute atomic E-state index is 5.77. The highest BCUT2D eigenvalue weighted by atomic mass is 16.5. The Hall–Kier alpha value is -0.160. The van der Waals surface area contributed by atoms with Crippen molar-refractivity contribution in [1.82, 2.24) is 0 Å². The summed E-state index contributed by atoms with van der Waals surface area (Å²) in [6, 6.07) is 0.241. The summed E-state index contributed by atoms with van der Waals surface area (Å²) >= 11 is 0. The number of unbranched alkanes of at least 4 members (excludes halogenated alkanes) is 1. The molecule has 18 heavy (non-hydrogen) atoms. The fourth-order valence-corrected chi connectivity index (χ4v) is 1.32. The zero-order valence-electron chi connectivity index (χ0n) is 12.3. The van der Waals surface area contributed by atoms with Crippen LogP contribution >= 0.6 is 0 Å². The topological polar surface area (TPSA) is 53.7 Å². The Bertz CT molecular complexity index is 165. The first-order chi connectivity index (χ1) is 8.68. The van der Waals surface area contributed by atoms with Crippen molar-refractivity contribution in [1.29, 1.82) is 0 Å². The first kappa shape index (κ1) is 17.8. The van der Waals surface area contributed by atoms with Gasteiger partial charge >= 0.3 is 0 Å². The van der Waals surface area contributed by atoms with E-state index in [4.69, 9.17) is 19.9 Å². The summed E-state index contributed by atoms with van der Waals surface area (Å²) in [5.74, 6) is 0.512. The monoisotopic (exact) mass is 261 g/mol. The van der Waals surface area contributed by atoms with Gasteiger partial charge in [0.05, 0.1) is 26.4 Å². The molecule has 0 saturated heterocycles. The molecule has 0 radical (unpaired) electrons. The van der Waals surface area contributed by atoms with Gasteiger partial charge in [0.1, 0.15) is 0 Å². The van der Waals surface area contributed by atoms with E-state index in [1.807, 2.05) is 6.92 Å². The van der Waals surface area contributed by atoms with Gasteiger partial charge in [0.2, 0.25) is 0 Å². The molecule has 0 aromatic rings. The van der Waals surface area contributed by atoms with Crippen LogP contribution in [-0.2, 0) is 14.2 Å². The predicted molar refractivity (Wildman–Crippen MR) is 74.8 cm³/mol. The van der Waals surface area contributed by atoms with Gasteiger partial charge in [0.25, 0.3) is 0 Å². The van der Waals surface area contributed by atoms with Crippen LogP contribution in [0, 0.1) is 5.92 Å². The number of ether oxygens (including phenoxy) is 3. The van der Waals surface area contributed by atoms with Crippen molar-refractivity contribution >= 4 is 0 Å². The second-order valence-corrected chi connectivity index (χ2v) is 4.82. The second-order valence-electron chi connectivity index (χ2n) is 4.82. The molecule has 0 rings (SSSR count). The molecular weight excluding hydrogens is 230 g/mol. The van der Waals surface area contributed by atoms with E-state index in [1.165, 1.54) is 6.42 Å². The van der Waals surface area contributed by atoms with Crippen molar-refractivity contribution in [2.45, 2.75) is 46.1 Å². The van der Waals surface area contributed by atoms with Crippen molar-refractivity contribution in [2.75, 3.05) is 39.6 Å². The summed E-state index contributed by atoms with van der Waals surface area (Å²) in [5.41, 5.74) is 5.77. The minimum atomic E-state index is 0.241. The maximum Gasteiger partial charge on any atom is 0.0701 e. The molecule has 0 aromatic heterocycles. The first-order valence-electron chi connectivity index (χ1n) is 7.17. The summed E-state index contributed by atoms with van der Waals surface area (Å²) in [4.78, 5) is 0. The summed E-state index contributed by atoms with van der Waals surface area (Å²) in [6.07, 6.45) is 3.31. The van der Waals surface area contributed by atoms with E-state index in [1.54, 1.807) is 0 Å². The van der Waals surface area contributed by atoms with E-state index in [0.717, 1.165) is 26.1 Å². The van der Waals surface area contributed by atoms with Crippen LogP contribution in [-0.4, -0.2) is 45.7 Å². The third-order valence-electron chi connectivity index (χ3n) is 3.00. The van der Waals surface area contributed by atoms with Crippen LogP contribution in [0.4, 0.5) is 0 Å². The molecule has 0 amide bonds. The molecule has 4 heteroatoms. The van der Waals surface area contributed by atoms with Gasteiger partial charge in [-0.05, 0) is 25.7 Å². The fourth-order valence-electron chi connectivity index (χ4n) is 1.32. The molecule has 0 fully saturated rings. The average molecular weight is 261 g/mol. The summed E-state index contributed by atoms with van der Waals surface area (Å²) in [5, 5.41) is 0. The molecule has 0 aliphatic rings. The van der Waals surface area contributed by atoms with Crippen LogP contribution in [0.2, 0.25) is 0 Å². The van der Waals surface area contributed by atoms with Crippen molar-refractivity contribution in [2.24, 2.45) is 11.7 Å². The number of hydrogen-bond acceptors (Lipinski definition) is 4. The molecule has 2 atom stereocenters. The highest BCUT2D eigenvalue weighted by Crippen LogP contribution is 2.05. The van der Waals surface area contributed by atoms with Crippen LogP contribution < -0.4 is 5.73 Å². The fraction of sp³-hybridized carbons (Fsp3) is 1.00. The molecule has 110 valence electrons. The van der Waals surface area contributed by atoms with Crippen LogP contribution in [0.15, 0.2) is 0 Å². The highest BCUT2D eigenvalue weighted by molar-refractivity contribution is 4.62. The smallest absolute Gasteiger partial charge is 0.0701 e. The summed E-state index contributed by atoms with van der Waals surface area (Å²) < 4.78 is 16.3. The molecule has 0 aliphatic carbocycles. The average Bonchev–Trinajstić information content (AvgIpc) is 2.35. The van der Waals surface area contributed by atoms with Gasteiger partial charge in [-0.25, -0.2) is 0 Å². The van der Waals surface area contributed by atoms with E-state index in [9.17, 15) is 0 Å². The summed E-state index contributed by atoms with van der Waals surface area (Å²) in [6.45, 7) is 10.6. The van der Waals surface area contributed by atoms with Gasteiger partial charge in [-0.2, -0.15) is 0 Å². The minimum absolute atomic E-state index is 0.241. The predicted octanol–water partition coefficient (Wildman–Crippen LogP) is 2.21. The molecule has 0 bridgehead atoms. The number of rotatable bonds is 13. The molecule has 0 saturated carbocycles. The largest absolute Gasteiger partial charge is 0.379 e. The van der Waals surface area contributed by atoms with E-state index in [-0.39, 0.29) is 6.04 Å². The van der Waals surface area contributed by atoms with Crippen molar-refractivity contribution < 1.29 is 14.2 Å². The lowest BCUT2D eigenvalue weighted by molar-refractivity contribution is 0.0118. The van der Waals surface area contributed by atoms with Gasteiger partial charge in [-0.1, -0.05) is 20.3 Å². The van der Waals surface area contributed by atoms with Crippen LogP contribution in [0.1, 0.15) is 40.0 Å². The Morgan fingerprint density at radius 2 is 1.33 bits per heavy atom. The molecule has 0 aliphatic heterocycles. The second kappa shape index (κ2) is 13.3. The van der Waals surface area contributed by atoms with E-state index in [0.29, 0.717) is 32.3 Å². The van der Waals surface area contributed by atoms with E-state index < -0.39 is 0 Å². The maximum atomic E-state index is 5.77. The Morgan fingerprint density at radius 3 is 1.83 bits per heavy atom. The molecule has 0 spiro atoms. The van der Waals surface area contributed by atoms with Gasteiger partial charge in [-0.15, -0.1) is 0 Å². The number of nitrogens with two attached hydrogens (primary N) is 1. The molecule has 2 N–H and O–H groups in total. The zero-order chi connectivity index (χ0) is 13.6. The molecule has 2 unspecified atom stereocenters. The molecule has 0 heterocycles. The lowest BCUT2D eigenvalue weighted by Gasteiger charge is -2.15. The van der Waals surface area contributed by atoms with Crippen molar-refractivity contribution in [3.8, 4) is 0 Å². The van der Waals surface area contributed by atoms with Gasteiger partial charge in [-0.3, -0.25) is 0 Å². The lowest BCUT2D eigenvalue weighted by Crippen LogP contribution is -2.25. The van der Waals surface area contributed by atoms with Crippen LogP contribution in [0.5, 0.6) is 0 Å². The quantitative estimate of drug-likeness (QED) is 0.516. The van der Waals surface area contributed by atoms with E-state index in [2.05, 4.69) is 13.8 Å². The Kier molecular flexibility index (Phi) is 13.2. The lowest BCUT2D eigenvalue weighted by atomic mass is 10.0. The molecular formula is C14H31NO3. The molecule has 4 nitrogen and oxygen atoms in total. The van der Waals surface area contributed by atoms with Gasteiger partial charge in [0.15, 0.2) is 0 Å². The third-order valence-corrected chi connectivity index (χ3v) is 3.00. The van der Waals surface area contributed by atoms with Crippen LogP contribution in [0.25, 0.3) is 0 Å². The van der Waals surface area contributed by atoms with Crippen LogP contribution in [0.3, 0.4) is 0 Å². The van der Waals surface area contributed by atoms with Gasteiger partial charge < -0.3 is 19.9 Å². The van der Waals surface area contributed by atoms with E-state index >= 15 is 0 Å². The van der Waals surface area contributed by atoms with Crippen molar-refractivity contribution in [3.63, 3.8) is 0 Å². The molecule has 0 aromatic carbocycles. The Morgan fingerprint density at radius 1 is 0.833 bits per heavy atom. The first-order valence-corrected chi connectivity index (χ1v) is 7.17. The highest BCUT2D eigenvalue weighted by Gasteiger charge is 2.06. The SMILES string of the molecule is CCCCOCCOCCOCCC(C)C(C)N. The summed E-state index contributed by atoms with van der Waals surface area (Å²) in [7, 11) is 0. The normalized spacial score (nSPS) is 14.7. The van der Waals surface area contributed by atoms with Crippen molar-refractivity contribution in [3.05, 3.63) is 0 Å². The standard InChI is InChI=1S/C14H31NO3/c1-4-5-7-16-9-11-18-12-10-17-8-6-13(2)14(3)15/h13-14H,4-12,15H2,1-3H3. The number of hydrogen-bond donors (Lipinski definition) is 1.